The maximum Gasteiger partial charge on any atom is 0.252 e. The van der Waals surface area contributed by atoms with Gasteiger partial charge in [0, 0.05) is 11.3 Å². The number of hydrogen-bond donors (Lipinski definition) is 3. The van der Waals surface area contributed by atoms with Crippen molar-refractivity contribution in [3.05, 3.63) is 65.2 Å². The molecule has 31 heavy (non-hydrogen) atoms. The van der Waals surface area contributed by atoms with E-state index in [1.54, 1.807) is 30.3 Å². The van der Waals surface area contributed by atoms with Gasteiger partial charge >= 0.3 is 0 Å². The molecule has 2 aromatic carbocycles. The number of nitrogens with one attached hydrogen (secondary N) is 3. The first-order chi connectivity index (χ1) is 14.5. The SMILES string of the molecule is Cc1ccccc1C(=O)NC(CC(C)C)C(=O)NC(C)c1cccc(NS(C)(=O)=O)c1. The Balaban J connectivity index is 2.14. The predicted molar refractivity (Wildman–Crippen MR) is 123 cm³/mol. The molecule has 3 N–H and O–H groups in total. The van der Waals surface area contributed by atoms with Gasteiger partial charge in [0.1, 0.15) is 6.04 Å². The van der Waals surface area contributed by atoms with Gasteiger partial charge in [0.05, 0.1) is 12.3 Å². The smallest absolute Gasteiger partial charge is 0.252 e. The van der Waals surface area contributed by atoms with E-state index in [4.69, 9.17) is 0 Å². The van der Waals surface area contributed by atoms with Crippen LogP contribution in [-0.2, 0) is 14.8 Å². The summed E-state index contributed by atoms with van der Waals surface area (Å²) in [7, 11) is -3.40. The van der Waals surface area contributed by atoms with Crippen molar-refractivity contribution in [2.75, 3.05) is 11.0 Å². The molecule has 2 atom stereocenters. The Hall–Kier alpha value is -2.87. The van der Waals surface area contributed by atoms with Crippen molar-refractivity contribution >= 4 is 27.5 Å². The molecular weight excluding hydrogens is 414 g/mol. The Labute approximate surface area is 184 Å². The minimum Gasteiger partial charge on any atom is -0.348 e. The van der Waals surface area contributed by atoms with Crippen molar-refractivity contribution in [2.45, 2.75) is 46.2 Å². The van der Waals surface area contributed by atoms with E-state index in [0.717, 1.165) is 17.4 Å². The van der Waals surface area contributed by atoms with Crippen LogP contribution in [0.4, 0.5) is 5.69 Å². The maximum absolute atomic E-state index is 13.0. The number of aryl methyl sites for hydroxylation is 1. The fourth-order valence-electron chi connectivity index (χ4n) is 3.25. The normalized spacial score (nSPS) is 13.4. The van der Waals surface area contributed by atoms with E-state index in [9.17, 15) is 18.0 Å². The van der Waals surface area contributed by atoms with E-state index in [0.29, 0.717) is 17.7 Å². The van der Waals surface area contributed by atoms with E-state index in [1.807, 2.05) is 45.9 Å². The number of amides is 2. The number of carbonyl (C=O) groups excluding carboxylic acids is 2. The standard InChI is InChI=1S/C23H31N3O4S/c1-15(2)13-21(25-22(27)20-12-7-6-9-16(20)3)23(28)24-17(4)18-10-8-11-19(14-18)26-31(5,29)30/h6-12,14-15,17,21,26H,13H2,1-5H3,(H,24,28)(H,25,27). The highest BCUT2D eigenvalue weighted by atomic mass is 32.2. The third kappa shape index (κ3) is 7.71. The Kier molecular flexibility index (Phi) is 8.21. The van der Waals surface area contributed by atoms with E-state index in [2.05, 4.69) is 15.4 Å². The summed E-state index contributed by atoms with van der Waals surface area (Å²) in [6.45, 7) is 7.65. The summed E-state index contributed by atoms with van der Waals surface area (Å²) in [5.74, 6) is -0.374. The molecule has 0 fully saturated rings. The number of rotatable bonds is 9. The Morgan fingerprint density at radius 2 is 1.65 bits per heavy atom. The molecule has 2 aromatic rings. The molecule has 2 unspecified atom stereocenters. The quantitative estimate of drug-likeness (QED) is 0.550. The lowest BCUT2D eigenvalue weighted by atomic mass is 10.0. The summed E-state index contributed by atoms with van der Waals surface area (Å²) in [4.78, 5) is 25.7. The maximum atomic E-state index is 13.0. The van der Waals surface area contributed by atoms with Gasteiger partial charge in [-0.3, -0.25) is 14.3 Å². The number of benzene rings is 2. The van der Waals surface area contributed by atoms with E-state index in [-0.39, 0.29) is 23.8 Å². The lowest BCUT2D eigenvalue weighted by molar-refractivity contribution is -0.124. The van der Waals surface area contributed by atoms with Gasteiger partial charge in [0.15, 0.2) is 0 Å². The second-order valence-corrected chi connectivity index (χ2v) is 9.95. The number of hydrogen-bond acceptors (Lipinski definition) is 4. The molecule has 0 aliphatic heterocycles. The van der Waals surface area contributed by atoms with Gasteiger partial charge in [0.2, 0.25) is 15.9 Å². The van der Waals surface area contributed by atoms with Crippen molar-refractivity contribution in [1.29, 1.82) is 0 Å². The topological polar surface area (TPSA) is 104 Å². The molecular formula is C23H31N3O4S. The van der Waals surface area contributed by atoms with Crippen molar-refractivity contribution < 1.29 is 18.0 Å². The first kappa shape index (κ1) is 24.4. The molecule has 0 aromatic heterocycles. The first-order valence-electron chi connectivity index (χ1n) is 10.2. The minimum atomic E-state index is -3.40. The summed E-state index contributed by atoms with van der Waals surface area (Å²) in [6, 6.07) is 13.0. The highest BCUT2D eigenvalue weighted by Crippen LogP contribution is 2.19. The van der Waals surface area contributed by atoms with Crippen molar-refractivity contribution in [2.24, 2.45) is 5.92 Å². The highest BCUT2D eigenvalue weighted by molar-refractivity contribution is 7.92. The second-order valence-electron chi connectivity index (χ2n) is 8.20. The monoisotopic (exact) mass is 445 g/mol. The molecule has 2 rings (SSSR count). The van der Waals surface area contributed by atoms with Crippen LogP contribution in [0.3, 0.4) is 0 Å². The van der Waals surface area contributed by atoms with Gasteiger partial charge in [-0.25, -0.2) is 8.42 Å². The van der Waals surface area contributed by atoms with Crippen LogP contribution in [-0.4, -0.2) is 32.5 Å². The van der Waals surface area contributed by atoms with Gasteiger partial charge in [-0.15, -0.1) is 0 Å². The van der Waals surface area contributed by atoms with Crippen molar-refractivity contribution in [1.82, 2.24) is 10.6 Å². The molecule has 0 spiro atoms. The zero-order chi connectivity index (χ0) is 23.2. The number of carbonyl (C=O) groups is 2. The van der Waals surface area contributed by atoms with Gasteiger partial charge in [-0.05, 0) is 55.5 Å². The molecule has 2 amide bonds. The van der Waals surface area contributed by atoms with Gasteiger partial charge in [-0.2, -0.15) is 0 Å². The van der Waals surface area contributed by atoms with E-state index in [1.165, 1.54) is 0 Å². The van der Waals surface area contributed by atoms with Crippen LogP contribution < -0.4 is 15.4 Å². The average Bonchev–Trinajstić information content (AvgIpc) is 2.66. The van der Waals surface area contributed by atoms with Crippen LogP contribution in [0.2, 0.25) is 0 Å². The van der Waals surface area contributed by atoms with E-state index < -0.39 is 16.1 Å². The average molecular weight is 446 g/mol. The molecule has 8 heteroatoms. The van der Waals surface area contributed by atoms with Crippen LogP contribution >= 0.6 is 0 Å². The fraction of sp³-hybridized carbons (Fsp3) is 0.391. The largest absolute Gasteiger partial charge is 0.348 e. The number of anilines is 1. The molecule has 0 radical (unpaired) electrons. The summed E-state index contributed by atoms with van der Waals surface area (Å²) in [5, 5.41) is 5.79. The first-order valence-corrected chi connectivity index (χ1v) is 12.1. The third-order valence-corrected chi connectivity index (χ3v) is 5.37. The molecule has 0 saturated heterocycles. The lowest BCUT2D eigenvalue weighted by Crippen LogP contribution is -2.48. The van der Waals surface area contributed by atoms with Gasteiger partial charge in [-0.1, -0.05) is 44.2 Å². The molecule has 0 saturated carbocycles. The zero-order valence-electron chi connectivity index (χ0n) is 18.6. The Morgan fingerprint density at radius 1 is 0.968 bits per heavy atom. The second kappa shape index (κ2) is 10.4. The lowest BCUT2D eigenvalue weighted by Gasteiger charge is -2.23. The van der Waals surface area contributed by atoms with Crippen LogP contribution in [0.5, 0.6) is 0 Å². The minimum absolute atomic E-state index is 0.200. The highest BCUT2D eigenvalue weighted by Gasteiger charge is 2.24. The zero-order valence-corrected chi connectivity index (χ0v) is 19.4. The van der Waals surface area contributed by atoms with Crippen LogP contribution in [0.15, 0.2) is 48.5 Å². The molecule has 0 bridgehead atoms. The van der Waals surface area contributed by atoms with Crippen molar-refractivity contribution in [3.8, 4) is 0 Å². The van der Waals surface area contributed by atoms with E-state index >= 15 is 0 Å². The molecule has 0 aliphatic carbocycles. The predicted octanol–water partition coefficient (Wildman–Crippen LogP) is 3.39. The van der Waals surface area contributed by atoms with Gasteiger partial charge in [0.25, 0.3) is 5.91 Å². The summed E-state index contributed by atoms with van der Waals surface area (Å²) < 4.78 is 25.4. The summed E-state index contributed by atoms with van der Waals surface area (Å²) >= 11 is 0. The van der Waals surface area contributed by atoms with Crippen LogP contribution in [0.25, 0.3) is 0 Å². The molecule has 168 valence electrons. The Bertz CT molecular complexity index is 1030. The molecule has 7 nitrogen and oxygen atoms in total. The van der Waals surface area contributed by atoms with Crippen LogP contribution in [0.1, 0.15) is 54.7 Å². The van der Waals surface area contributed by atoms with Crippen LogP contribution in [0, 0.1) is 12.8 Å². The molecule has 0 heterocycles. The van der Waals surface area contributed by atoms with Crippen molar-refractivity contribution in [3.63, 3.8) is 0 Å². The third-order valence-electron chi connectivity index (χ3n) is 4.77. The number of sulfonamides is 1. The fourth-order valence-corrected chi connectivity index (χ4v) is 3.80. The Morgan fingerprint density at radius 3 is 2.26 bits per heavy atom. The molecule has 0 aliphatic rings. The summed E-state index contributed by atoms with van der Waals surface area (Å²) in [6.07, 6.45) is 1.57. The summed E-state index contributed by atoms with van der Waals surface area (Å²) in [5.41, 5.74) is 2.55. The van der Waals surface area contributed by atoms with Gasteiger partial charge < -0.3 is 10.6 Å².